The van der Waals surface area contributed by atoms with Crippen molar-refractivity contribution in [2.75, 3.05) is 6.61 Å². The Morgan fingerprint density at radius 3 is 2.70 bits per heavy atom. The molecular weight excluding hydrogens is 157 g/mol. The topological polar surface area (TPSA) is 85.5 Å². The first-order valence-electron chi connectivity index (χ1n) is 2.89. The molecule has 0 spiro atoms. The molecule has 2 N–H and O–H groups in total. The van der Waals surface area contributed by atoms with Crippen molar-refractivity contribution in [2.45, 2.75) is 11.7 Å². The fraction of sp³-hybridized carbons (Fsp3) is 0.750. The second kappa shape index (κ2) is 1.44. The molecule has 0 aliphatic carbocycles. The van der Waals surface area contributed by atoms with Crippen LogP contribution in [0.4, 0.5) is 0 Å². The van der Waals surface area contributed by atoms with E-state index >= 15 is 0 Å². The third kappa shape index (κ3) is 0.438. The summed E-state index contributed by atoms with van der Waals surface area (Å²) < 4.78 is 15.4. The normalized spacial score (nSPS) is 49.1. The van der Waals surface area contributed by atoms with Gasteiger partial charge in [0, 0.05) is 13.0 Å². The lowest BCUT2D eigenvalue weighted by Gasteiger charge is -2.17. The van der Waals surface area contributed by atoms with Crippen LogP contribution >= 0.6 is 7.52 Å². The number of aliphatic hydroxyl groups is 1. The van der Waals surface area contributed by atoms with Crippen molar-refractivity contribution in [3.05, 3.63) is 0 Å². The number of carbonyl (C=O) groups excluding carboxylic acids is 1. The monoisotopic (exact) mass is 163 g/mol. The number of fused-ring (bicyclic) bond motifs is 1. The highest BCUT2D eigenvalue weighted by atomic mass is 31.2. The zero-order valence-corrected chi connectivity index (χ0v) is 5.93. The highest BCUT2D eigenvalue weighted by Crippen LogP contribution is 2.80. The number of nitrogens with one attached hydrogen (secondary N) is 1. The van der Waals surface area contributed by atoms with Crippen LogP contribution in [0.2, 0.25) is 0 Å². The number of hydrogen-bond acceptors (Lipinski definition) is 4. The maximum absolute atomic E-state index is 11.0. The summed E-state index contributed by atoms with van der Waals surface area (Å²) in [7, 11) is -2.76. The van der Waals surface area contributed by atoms with Crippen LogP contribution in [0.5, 0.6) is 0 Å². The molecule has 0 aromatic heterocycles. The van der Waals surface area contributed by atoms with Gasteiger partial charge in [0.2, 0.25) is 5.28 Å². The number of aliphatic hydroxyl groups excluding tert-OH is 1. The van der Waals surface area contributed by atoms with E-state index in [0.717, 1.165) is 0 Å². The first-order chi connectivity index (χ1) is 4.65. The fourth-order valence-corrected chi connectivity index (χ4v) is 3.13. The molecule has 0 aromatic rings. The predicted octanol–water partition coefficient (Wildman–Crippen LogP) is -0.582. The van der Waals surface area contributed by atoms with Gasteiger partial charge >= 0.3 is 13.5 Å². The van der Waals surface area contributed by atoms with Crippen molar-refractivity contribution in [1.82, 2.24) is 5.09 Å². The quantitative estimate of drug-likeness (QED) is 0.420. The highest BCUT2D eigenvalue weighted by molar-refractivity contribution is 7.70. The van der Waals surface area contributed by atoms with Gasteiger partial charge in [0.25, 0.3) is 0 Å². The second-order valence-electron chi connectivity index (χ2n) is 2.38. The Bertz CT molecular complexity index is 252. The van der Waals surface area contributed by atoms with Crippen molar-refractivity contribution in [1.29, 1.82) is 0 Å². The molecule has 0 bridgehead atoms. The summed E-state index contributed by atoms with van der Waals surface area (Å²) >= 11 is 0. The van der Waals surface area contributed by atoms with Gasteiger partial charge in [-0.2, -0.15) is 0 Å². The summed E-state index contributed by atoms with van der Waals surface area (Å²) in [5.74, 6) is -0.495. The number of hydrogen-bond donors (Lipinski definition) is 2. The molecule has 0 radical (unpaired) electrons. The van der Waals surface area contributed by atoms with Gasteiger partial charge in [-0.05, 0) is 0 Å². The Kier molecular flexibility index (Phi) is 0.915. The van der Waals surface area contributed by atoms with E-state index in [9.17, 15) is 9.36 Å². The van der Waals surface area contributed by atoms with Gasteiger partial charge in [0.05, 0.1) is 0 Å². The van der Waals surface area contributed by atoms with Crippen LogP contribution in [0.3, 0.4) is 0 Å². The van der Waals surface area contributed by atoms with Crippen LogP contribution in [0, 0.1) is 0 Å². The van der Waals surface area contributed by atoms with Crippen molar-refractivity contribution in [3.63, 3.8) is 0 Å². The van der Waals surface area contributed by atoms with Gasteiger partial charge < -0.3 is 9.63 Å². The lowest BCUT2D eigenvalue weighted by atomic mass is 10.2. The molecule has 5 nitrogen and oxygen atoms in total. The minimum atomic E-state index is -2.76. The molecule has 0 aromatic carbocycles. The van der Waals surface area contributed by atoms with E-state index in [2.05, 4.69) is 9.61 Å². The van der Waals surface area contributed by atoms with E-state index in [1.807, 2.05) is 0 Å². The van der Waals surface area contributed by atoms with E-state index in [1.165, 1.54) is 0 Å². The van der Waals surface area contributed by atoms with Crippen molar-refractivity contribution in [2.24, 2.45) is 0 Å². The largest absolute Gasteiger partial charge is 0.397 e. The lowest BCUT2D eigenvalue weighted by molar-refractivity contribution is -0.139. The van der Waals surface area contributed by atoms with E-state index in [4.69, 9.17) is 5.11 Å². The fourth-order valence-electron chi connectivity index (χ4n) is 1.11. The van der Waals surface area contributed by atoms with Gasteiger partial charge in [-0.25, -0.2) is 9.88 Å². The lowest BCUT2D eigenvalue weighted by Crippen LogP contribution is -2.34. The van der Waals surface area contributed by atoms with Crippen LogP contribution in [0.1, 0.15) is 6.42 Å². The summed E-state index contributed by atoms with van der Waals surface area (Å²) in [5, 5.41) is 9.96. The van der Waals surface area contributed by atoms with E-state index < -0.39 is 18.8 Å². The SMILES string of the molecule is O=C1OP2(=O)N[C@@]12CCO. The molecule has 0 amide bonds. The van der Waals surface area contributed by atoms with Gasteiger partial charge in [-0.3, -0.25) is 4.57 Å². The van der Waals surface area contributed by atoms with Crippen LogP contribution in [0.15, 0.2) is 0 Å². The zero-order chi connectivity index (χ0) is 7.41. The van der Waals surface area contributed by atoms with E-state index in [0.29, 0.717) is 0 Å². The maximum atomic E-state index is 11.0. The van der Waals surface area contributed by atoms with Crippen molar-refractivity contribution < 1.29 is 19.0 Å². The molecule has 2 aliphatic rings. The average Bonchev–Trinajstić information content (AvgIpc) is 2.32. The summed E-state index contributed by atoms with van der Waals surface area (Å²) in [5.41, 5.74) is 0. The molecule has 2 atom stereocenters. The summed E-state index contributed by atoms with van der Waals surface area (Å²) in [6.07, 6.45) is 0.198. The van der Waals surface area contributed by atoms with Gasteiger partial charge in [0.15, 0.2) is 0 Å². The van der Waals surface area contributed by atoms with Gasteiger partial charge in [-0.15, -0.1) is 0 Å². The molecule has 2 aliphatic heterocycles. The smallest absolute Gasteiger partial charge is 0.352 e. The Balaban J connectivity index is 2.20. The number of carbonyl (C=O) groups is 1. The molecule has 1 unspecified atom stereocenters. The average molecular weight is 163 g/mol. The van der Waals surface area contributed by atoms with Crippen LogP contribution < -0.4 is 5.09 Å². The minimum absolute atomic E-state index is 0.147. The molecule has 2 saturated heterocycles. The molecule has 6 heteroatoms. The van der Waals surface area contributed by atoms with Gasteiger partial charge in [0.1, 0.15) is 0 Å². The van der Waals surface area contributed by atoms with Gasteiger partial charge in [-0.1, -0.05) is 0 Å². The Hall–Kier alpha value is -0.380. The second-order valence-corrected chi connectivity index (χ2v) is 4.65. The molecule has 56 valence electrons. The molecule has 2 rings (SSSR count). The number of rotatable bonds is 2. The van der Waals surface area contributed by atoms with E-state index in [-0.39, 0.29) is 13.0 Å². The van der Waals surface area contributed by atoms with Crippen LogP contribution in [0.25, 0.3) is 0 Å². The maximum Gasteiger partial charge on any atom is 0.352 e. The van der Waals surface area contributed by atoms with Crippen LogP contribution in [-0.4, -0.2) is 23.0 Å². The predicted molar refractivity (Wildman–Crippen MR) is 31.3 cm³/mol. The minimum Gasteiger partial charge on any atom is -0.397 e. The Labute approximate surface area is 56.9 Å². The summed E-state index contributed by atoms with van der Waals surface area (Å²) in [6.45, 7) is -0.147. The zero-order valence-electron chi connectivity index (χ0n) is 5.03. The third-order valence-corrected chi connectivity index (χ3v) is 4.21. The summed E-state index contributed by atoms with van der Waals surface area (Å²) in [4.78, 5) is 10.6. The van der Waals surface area contributed by atoms with E-state index in [1.54, 1.807) is 0 Å². The third-order valence-electron chi connectivity index (χ3n) is 1.81. The highest BCUT2D eigenvalue weighted by Gasteiger charge is 2.83. The first-order valence-corrected chi connectivity index (χ1v) is 4.52. The molecular formula is C4H6NO4P. The standard InChI is InChI=1S/C4H6NO4P/c6-2-1-4-3(7)9-10(4,8)5-4/h6H,1-2H2,(H,5,8)/t4-,10?/m1/s1. The molecule has 2 fully saturated rings. The molecule has 0 saturated carbocycles. The molecule has 2 heterocycles. The van der Waals surface area contributed by atoms with Crippen LogP contribution in [-0.2, 0) is 13.9 Å². The Morgan fingerprint density at radius 1 is 1.80 bits per heavy atom. The Morgan fingerprint density at radius 2 is 2.50 bits per heavy atom. The first kappa shape index (κ1) is 6.34. The van der Waals surface area contributed by atoms with Crippen molar-refractivity contribution in [3.8, 4) is 0 Å². The molecule has 10 heavy (non-hydrogen) atoms. The summed E-state index contributed by atoms with van der Waals surface area (Å²) in [6, 6.07) is 0. The van der Waals surface area contributed by atoms with Crippen molar-refractivity contribution >= 4 is 13.5 Å².